The molecule has 2 amide bonds. The zero-order chi connectivity index (χ0) is 30.3. The number of nitrogens with zero attached hydrogens (tertiary/aromatic N) is 2. The van der Waals surface area contributed by atoms with Crippen molar-refractivity contribution >= 4 is 46.1 Å². The molecule has 218 valence electrons. The van der Waals surface area contributed by atoms with E-state index in [1.165, 1.54) is 7.11 Å². The Morgan fingerprint density at radius 3 is 2.14 bits per heavy atom. The lowest BCUT2D eigenvalue weighted by molar-refractivity contribution is -0.118. The molecule has 2 N–H and O–H groups in total. The summed E-state index contributed by atoms with van der Waals surface area (Å²) in [5, 5.41) is 6.35. The highest BCUT2D eigenvalue weighted by molar-refractivity contribution is 6.37. The highest BCUT2D eigenvalue weighted by Crippen LogP contribution is 2.38. The largest absolute Gasteiger partial charge is 0.465 e. The number of benzene rings is 4. The van der Waals surface area contributed by atoms with Crippen molar-refractivity contribution in [3.05, 3.63) is 125 Å². The number of rotatable bonds is 10. The van der Waals surface area contributed by atoms with Gasteiger partial charge in [-0.25, -0.2) is 4.79 Å². The molecule has 0 bridgehead atoms. The topological polar surface area (TPSA) is 91.0 Å². The summed E-state index contributed by atoms with van der Waals surface area (Å²) in [5.74, 6) is -0.731. The first-order valence-electron chi connectivity index (χ1n) is 14.0. The van der Waals surface area contributed by atoms with Crippen molar-refractivity contribution in [3.8, 4) is 0 Å². The second kappa shape index (κ2) is 13.2. The van der Waals surface area contributed by atoms with Crippen LogP contribution in [0.3, 0.4) is 0 Å². The second-order valence-corrected chi connectivity index (χ2v) is 10.5. The summed E-state index contributed by atoms with van der Waals surface area (Å²) in [6.45, 7) is 1.27. The van der Waals surface area contributed by atoms with Crippen LogP contribution in [-0.4, -0.2) is 57.0 Å². The van der Waals surface area contributed by atoms with E-state index in [-0.39, 0.29) is 11.8 Å². The normalized spacial score (nSPS) is 13.3. The summed E-state index contributed by atoms with van der Waals surface area (Å²) in [5.41, 5.74) is 6.01. The number of nitrogens with one attached hydrogen (secondary N) is 2. The van der Waals surface area contributed by atoms with E-state index in [4.69, 9.17) is 4.74 Å². The van der Waals surface area contributed by atoms with Gasteiger partial charge in [-0.15, -0.1) is 0 Å². The molecule has 0 saturated heterocycles. The van der Waals surface area contributed by atoms with Crippen LogP contribution in [0.25, 0.3) is 11.3 Å². The lowest BCUT2D eigenvalue weighted by Gasteiger charge is -2.25. The molecular formula is C35H34N4O4. The molecule has 1 aliphatic rings. The Hall–Kier alpha value is -5.21. The molecule has 0 aliphatic carbocycles. The van der Waals surface area contributed by atoms with Crippen LogP contribution in [0.1, 0.15) is 27.0 Å². The van der Waals surface area contributed by atoms with Crippen LogP contribution in [-0.2, 0) is 20.7 Å². The van der Waals surface area contributed by atoms with Gasteiger partial charge in [0.2, 0.25) is 5.91 Å². The summed E-state index contributed by atoms with van der Waals surface area (Å²) in [6, 6.07) is 32.0. The smallest absolute Gasteiger partial charge is 0.337 e. The predicted molar refractivity (Wildman–Crippen MR) is 171 cm³/mol. The Bertz CT molecular complexity index is 1650. The average molecular weight is 575 g/mol. The quantitative estimate of drug-likeness (QED) is 0.191. The number of anilines is 3. The number of methoxy groups -OCH3 is 1. The van der Waals surface area contributed by atoms with Gasteiger partial charge >= 0.3 is 5.97 Å². The first kappa shape index (κ1) is 29.3. The van der Waals surface area contributed by atoms with E-state index < -0.39 is 5.97 Å². The van der Waals surface area contributed by atoms with Crippen LogP contribution in [0.15, 0.2) is 103 Å². The van der Waals surface area contributed by atoms with Gasteiger partial charge in [0.15, 0.2) is 0 Å². The van der Waals surface area contributed by atoms with Crippen molar-refractivity contribution in [2.45, 2.75) is 6.42 Å². The molecule has 4 aromatic carbocycles. The van der Waals surface area contributed by atoms with E-state index in [1.54, 1.807) is 18.2 Å². The Morgan fingerprint density at radius 2 is 1.49 bits per heavy atom. The van der Waals surface area contributed by atoms with Crippen LogP contribution in [0.5, 0.6) is 0 Å². The Kier molecular flexibility index (Phi) is 8.98. The third-order valence-electron chi connectivity index (χ3n) is 7.22. The average Bonchev–Trinajstić information content (AvgIpc) is 3.35. The zero-order valence-electron chi connectivity index (χ0n) is 24.5. The fourth-order valence-corrected chi connectivity index (χ4v) is 4.98. The third-order valence-corrected chi connectivity index (χ3v) is 7.22. The molecule has 1 aliphatic heterocycles. The molecule has 4 aromatic rings. The highest BCUT2D eigenvalue weighted by Gasteiger charge is 2.29. The number of amides is 2. The van der Waals surface area contributed by atoms with E-state index in [9.17, 15) is 14.4 Å². The maximum Gasteiger partial charge on any atom is 0.337 e. The first-order valence-corrected chi connectivity index (χ1v) is 14.0. The molecule has 43 heavy (non-hydrogen) atoms. The molecule has 0 fully saturated rings. The monoisotopic (exact) mass is 574 g/mol. The first-order chi connectivity index (χ1) is 20.8. The summed E-state index contributed by atoms with van der Waals surface area (Å²) >= 11 is 0. The van der Waals surface area contributed by atoms with Crippen molar-refractivity contribution in [1.29, 1.82) is 0 Å². The summed E-state index contributed by atoms with van der Waals surface area (Å²) in [6.07, 6.45) is 0.310. The predicted octanol–water partition coefficient (Wildman–Crippen LogP) is 5.54. The van der Waals surface area contributed by atoms with E-state index in [2.05, 4.69) is 15.5 Å². The molecule has 0 atom stereocenters. The number of carbonyl (C=O) groups excluding carboxylic acids is 3. The number of esters is 1. The Labute approximate surface area is 251 Å². The van der Waals surface area contributed by atoms with E-state index in [0.29, 0.717) is 41.1 Å². The summed E-state index contributed by atoms with van der Waals surface area (Å²) in [7, 11) is 5.29. The van der Waals surface area contributed by atoms with Crippen LogP contribution in [0.4, 0.5) is 17.1 Å². The third kappa shape index (κ3) is 6.82. The van der Waals surface area contributed by atoms with Crippen molar-refractivity contribution in [3.63, 3.8) is 0 Å². The van der Waals surface area contributed by atoms with Gasteiger partial charge in [0, 0.05) is 30.0 Å². The van der Waals surface area contributed by atoms with Gasteiger partial charge in [0.1, 0.15) is 0 Å². The van der Waals surface area contributed by atoms with Crippen LogP contribution < -0.4 is 15.5 Å². The molecule has 0 saturated carbocycles. The van der Waals surface area contributed by atoms with Crippen LogP contribution in [0.2, 0.25) is 0 Å². The van der Waals surface area contributed by atoms with Gasteiger partial charge in [0.25, 0.3) is 5.91 Å². The standard InChI is InChI=1S/C35H34N4O4/c1-38(2)20-21-39(31(40)22-24-10-6-4-7-11-24)28-17-15-27(16-18-28)36-33(25-12-8-5-9-13-25)32-29-19-14-26(35(42)43-3)23-30(29)37-34(32)41/h4-19,23,36H,20-22H2,1-3H3,(H,37,41). The van der Waals surface area contributed by atoms with Gasteiger partial charge in [-0.05, 0) is 61.6 Å². The number of fused-ring (bicyclic) bond motifs is 1. The summed E-state index contributed by atoms with van der Waals surface area (Å²) < 4.78 is 4.84. The maximum atomic E-state index is 13.4. The van der Waals surface area contributed by atoms with Gasteiger partial charge in [-0.1, -0.05) is 66.7 Å². The fraction of sp³-hybridized carbons (Fsp3) is 0.171. The Morgan fingerprint density at radius 1 is 0.814 bits per heavy atom. The van der Waals surface area contributed by atoms with Gasteiger partial charge in [0.05, 0.1) is 36.1 Å². The van der Waals surface area contributed by atoms with Crippen molar-refractivity contribution < 1.29 is 19.1 Å². The van der Waals surface area contributed by atoms with Crippen molar-refractivity contribution in [1.82, 2.24) is 4.90 Å². The van der Waals surface area contributed by atoms with Crippen molar-refractivity contribution in [2.24, 2.45) is 0 Å². The minimum Gasteiger partial charge on any atom is -0.465 e. The number of carbonyl (C=O) groups is 3. The number of ether oxygens (including phenoxy) is 1. The molecule has 0 unspecified atom stereocenters. The number of likely N-dealkylation sites (N-methyl/N-ethyl adjacent to an activating group) is 1. The van der Waals surface area contributed by atoms with Crippen LogP contribution in [0, 0.1) is 0 Å². The van der Waals surface area contributed by atoms with Crippen molar-refractivity contribution in [2.75, 3.05) is 49.8 Å². The molecule has 1 heterocycles. The lowest BCUT2D eigenvalue weighted by atomic mass is 9.99. The van der Waals surface area contributed by atoms with E-state index in [1.807, 2.05) is 104 Å². The number of hydrogen-bond donors (Lipinski definition) is 2. The SMILES string of the molecule is COC(=O)c1ccc2c(c1)NC(=O)C2=C(Nc1ccc(N(CCN(C)C)C(=O)Cc2ccccc2)cc1)c1ccccc1. The fourth-order valence-electron chi connectivity index (χ4n) is 4.98. The molecule has 8 heteroatoms. The molecule has 8 nitrogen and oxygen atoms in total. The molecule has 0 radical (unpaired) electrons. The highest BCUT2D eigenvalue weighted by atomic mass is 16.5. The minimum atomic E-state index is -0.474. The molecule has 0 spiro atoms. The number of hydrogen-bond acceptors (Lipinski definition) is 6. The summed E-state index contributed by atoms with van der Waals surface area (Å²) in [4.78, 5) is 42.6. The van der Waals surface area contributed by atoms with Gasteiger partial charge in [-0.2, -0.15) is 0 Å². The zero-order valence-corrected chi connectivity index (χ0v) is 24.5. The Balaban J connectivity index is 1.47. The lowest BCUT2D eigenvalue weighted by Crippen LogP contribution is -2.37. The van der Waals surface area contributed by atoms with Gasteiger partial charge < -0.3 is 25.2 Å². The molecule has 5 rings (SSSR count). The van der Waals surface area contributed by atoms with Crippen LogP contribution >= 0.6 is 0 Å². The molecular weight excluding hydrogens is 540 g/mol. The van der Waals surface area contributed by atoms with E-state index >= 15 is 0 Å². The van der Waals surface area contributed by atoms with E-state index in [0.717, 1.165) is 29.0 Å². The maximum absolute atomic E-state index is 13.4. The van der Waals surface area contributed by atoms with Gasteiger partial charge in [-0.3, -0.25) is 9.59 Å². The second-order valence-electron chi connectivity index (χ2n) is 10.5. The molecule has 0 aromatic heterocycles. The minimum absolute atomic E-state index is 0.0198.